The van der Waals surface area contributed by atoms with Crippen LogP contribution < -0.4 is 21.1 Å². The standard InChI is InChI=1S/C23H25Cl2FN8O2S/c1-12-7-17(27)14(9-18(12)36-22(29)19-15(24)11-31-32-21(19)25)20(28)13-8-16(26)23(30-10-13)33-3-5-34(6-4-33)37(2)35/h7-11,22,28H,3-6,27,29H2,1-2H3/t22-,37?/m0/s1. The van der Waals surface area contributed by atoms with E-state index in [1.807, 2.05) is 4.31 Å². The average Bonchev–Trinajstić information content (AvgIpc) is 2.85. The fourth-order valence-corrected chi connectivity index (χ4v) is 5.19. The first-order valence-electron chi connectivity index (χ1n) is 11.1. The summed E-state index contributed by atoms with van der Waals surface area (Å²) in [6.07, 6.45) is 3.29. The minimum absolute atomic E-state index is 0.00655. The van der Waals surface area contributed by atoms with Crippen LogP contribution in [0.1, 0.15) is 28.5 Å². The molecule has 1 aromatic carbocycles. The molecule has 0 amide bonds. The molecule has 0 radical (unpaired) electrons. The van der Waals surface area contributed by atoms with Gasteiger partial charge in [0.15, 0.2) is 23.0 Å². The molecule has 2 aromatic heterocycles. The molecule has 1 unspecified atom stereocenters. The molecule has 3 heterocycles. The highest BCUT2D eigenvalue weighted by Crippen LogP contribution is 2.33. The normalized spacial score (nSPS) is 15.9. The van der Waals surface area contributed by atoms with Crippen molar-refractivity contribution in [3.05, 3.63) is 68.8 Å². The van der Waals surface area contributed by atoms with E-state index in [9.17, 15) is 4.55 Å². The number of halogens is 3. The maximum absolute atomic E-state index is 15.1. The third-order valence-electron chi connectivity index (χ3n) is 5.96. The molecule has 3 aromatic rings. The van der Waals surface area contributed by atoms with Gasteiger partial charge in [-0.05, 0) is 30.7 Å². The average molecular weight is 567 g/mol. The molecule has 0 saturated carbocycles. The number of anilines is 2. The fraction of sp³-hybridized carbons (Fsp3) is 0.304. The van der Waals surface area contributed by atoms with Gasteiger partial charge in [0.2, 0.25) is 0 Å². The van der Waals surface area contributed by atoms with E-state index >= 15 is 4.39 Å². The van der Waals surface area contributed by atoms with Crippen LogP contribution in [-0.2, 0) is 11.4 Å². The number of nitrogens with one attached hydrogen (secondary N) is 1. The van der Waals surface area contributed by atoms with Gasteiger partial charge in [-0.1, -0.05) is 23.2 Å². The number of benzene rings is 1. The van der Waals surface area contributed by atoms with Crippen molar-refractivity contribution in [2.75, 3.05) is 43.1 Å². The minimum Gasteiger partial charge on any atom is -0.598 e. The van der Waals surface area contributed by atoms with Crippen LogP contribution in [0.3, 0.4) is 0 Å². The van der Waals surface area contributed by atoms with Crippen molar-refractivity contribution in [3.8, 4) is 5.75 Å². The lowest BCUT2D eigenvalue weighted by atomic mass is 10.00. The maximum Gasteiger partial charge on any atom is 0.178 e. The summed E-state index contributed by atoms with van der Waals surface area (Å²) >= 11 is 11.2. The van der Waals surface area contributed by atoms with E-state index in [1.54, 1.807) is 30.2 Å². The molecule has 5 N–H and O–H groups in total. The molecule has 4 rings (SSSR count). The van der Waals surface area contributed by atoms with Crippen molar-refractivity contribution < 1.29 is 13.7 Å². The summed E-state index contributed by atoms with van der Waals surface area (Å²) in [6, 6.07) is 4.44. The predicted molar refractivity (Wildman–Crippen MR) is 143 cm³/mol. The predicted octanol–water partition coefficient (Wildman–Crippen LogP) is 3.08. The lowest BCUT2D eigenvalue weighted by Gasteiger charge is -2.34. The summed E-state index contributed by atoms with van der Waals surface area (Å²) in [6.45, 7) is 3.83. The van der Waals surface area contributed by atoms with Gasteiger partial charge < -0.3 is 19.9 Å². The summed E-state index contributed by atoms with van der Waals surface area (Å²) in [7, 11) is 0. The first kappa shape index (κ1) is 27.3. The highest BCUT2D eigenvalue weighted by molar-refractivity contribution is 7.88. The van der Waals surface area contributed by atoms with Crippen molar-refractivity contribution in [3.63, 3.8) is 0 Å². The van der Waals surface area contributed by atoms with Crippen molar-refractivity contribution >= 4 is 51.8 Å². The van der Waals surface area contributed by atoms with Crippen molar-refractivity contribution in [1.29, 1.82) is 5.41 Å². The number of piperazine rings is 1. The van der Waals surface area contributed by atoms with Crippen LogP contribution in [0.15, 0.2) is 30.6 Å². The number of nitrogens with two attached hydrogens (primary N) is 2. The fourth-order valence-electron chi connectivity index (χ4n) is 3.97. The van der Waals surface area contributed by atoms with E-state index in [1.165, 1.54) is 18.5 Å². The Morgan fingerprint density at radius 1 is 1.22 bits per heavy atom. The molecule has 10 nitrogen and oxygen atoms in total. The zero-order chi connectivity index (χ0) is 26.9. The Kier molecular flexibility index (Phi) is 8.36. The summed E-state index contributed by atoms with van der Waals surface area (Å²) < 4.78 is 34.4. The minimum atomic E-state index is -1.07. The van der Waals surface area contributed by atoms with Crippen molar-refractivity contribution in [2.45, 2.75) is 13.2 Å². The van der Waals surface area contributed by atoms with E-state index < -0.39 is 23.4 Å². The van der Waals surface area contributed by atoms with Gasteiger partial charge in [-0.25, -0.2) is 9.37 Å². The summed E-state index contributed by atoms with van der Waals surface area (Å²) in [5.41, 5.74) is 14.1. The zero-order valence-corrected chi connectivity index (χ0v) is 22.4. The molecule has 0 spiro atoms. The second-order valence-electron chi connectivity index (χ2n) is 8.38. The monoisotopic (exact) mass is 566 g/mol. The van der Waals surface area contributed by atoms with E-state index in [-0.39, 0.29) is 32.8 Å². The second kappa shape index (κ2) is 11.3. The molecule has 0 aliphatic carbocycles. The Morgan fingerprint density at radius 2 is 1.92 bits per heavy atom. The molecule has 1 fully saturated rings. The Morgan fingerprint density at radius 3 is 2.54 bits per heavy atom. The van der Waals surface area contributed by atoms with Crippen molar-refractivity contribution in [1.82, 2.24) is 19.5 Å². The molecule has 196 valence electrons. The van der Waals surface area contributed by atoms with Gasteiger partial charge in [-0.2, -0.15) is 5.10 Å². The molecule has 14 heteroatoms. The first-order valence-corrected chi connectivity index (χ1v) is 13.4. The Labute approximate surface area is 226 Å². The highest BCUT2D eigenvalue weighted by Gasteiger charge is 2.26. The van der Waals surface area contributed by atoms with E-state index in [4.69, 9.17) is 44.8 Å². The van der Waals surface area contributed by atoms with Gasteiger partial charge in [-0.3, -0.25) is 11.1 Å². The van der Waals surface area contributed by atoms with Gasteiger partial charge in [-0.15, -0.1) is 9.40 Å². The third kappa shape index (κ3) is 5.89. The summed E-state index contributed by atoms with van der Waals surface area (Å²) in [5, 5.41) is 16.3. The van der Waals surface area contributed by atoms with E-state index in [2.05, 4.69) is 15.2 Å². The first-order chi connectivity index (χ1) is 17.6. The maximum atomic E-state index is 15.1. The Balaban J connectivity index is 1.56. The number of aromatic nitrogens is 3. The largest absolute Gasteiger partial charge is 0.598 e. The van der Waals surface area contributed by atoms with Gasteiger partial charge in [0.25, 0.3) is 0 Å². The number of aryl methyl sites for hydroxylation is 1. The molecule has 1 saturated heterocycles. The topological polar surface area (TPSA) is 153 Å². The lowest BCUT2D eigenvalue weighted by Crippen LogP contribution is -2.48. The highest BCUT2D eigenvalue weighted by atomic mass is 35.5. The summed E-state index contributed by atoms with van der Waals surface area (Å²) in [5.74, 6) is -0.0433. The molecule has 0 bridgehead atoms. The van der Waals surface area contributed by atoms with Crippen LogP contribution >= 0.6 is 23.2 Å². The molecular formula is C23H25Cl2FN8O2S. The molecular weight excluding hydrogens is 542 g/mol. The zero-order valence-electron chi connectivity index (χ0n) is 20.0. The van der Waals surface area contributed by atoms with Crippen LogP contribution in [0.2, 0.25) is 10.2 Å². The number of pyridine rings is 1. The van der Waals surface area contributed by atoms with Gasteiger partial charge in [0.1, 0.15) is 12.0 Å². The molecule has 37 heavy (non-hydrogen) atoms. The molecule has 1 aliphatic rings. The second-order valence-corrected chi connectivity index (χ2v) is 10.5. The SMILES string of the molecule is Cc1cc(N)c(C(=N)c2cnc(N3CCN([S+](C)[O-])CC3)c(F)c2)cc1O[C@H](N)c1c(Cl)cnnc1Cl. The van der Waals surface area contributed by atoms with Gasteiger partial charge in [0, 0.05) is 47.5 Å². The van der Waals surface area contributed by atoms with Gasteiger partial charge >= 0.3 is 0 Å². The van der Waals surface area contributed by atoms with Crippen LogP contribution in [0.4, 0.5) is 15.9 Å². The van der Waals surface area contributed by atoms with E-state index in [0.717, 1.165) is 0 Å². The number of hydrogen-bond acceptors (Lipinski definition) is 10. The molecule has 1 aliphatic heterocycles. The van der Waals surface area contributed by atoms with Crippen molar-refractivity contribution in [2.24, 2.45) is 5.73 Å². The number of nitrogens with zero attached hydrogens (tertiary/aromatic N) is 5. The van der Waals surface area contributed by atoms with Crippen LogP contribution in [0, 0.1) is 18.2 Å². The number of rotatable bonds is 7. The van der Waals surface area contributed by atoms with Crippen LogP contribution in [0.5, 0.6) is 5.75 Å². The molecule has 2 atom stereocenters. The lowest BCUT2D eigenvalue weighted by molar-refractivity contribution is 0.212. The van der Waals surface area contributed by atoms with Gasteiger partial charge in [0.05, 0.1) is 35.6 Å². The quantitative estimate of drug-likeness (QED) is 0.169. The number of ether oxygens (including phenoxy) is 1. The smallest absolute Gasteiger partial charge is 0.178 e. The summed E-state index contributed by atoms with van der Waals surface area (Å²) in [4.78, 5) is 6.07. The van der Waals surface area contributed by atoms with Crippen LogP contribution in [0.25, 0.3) is 0 Å². The third-order valence-corrected chi connectivity index (χ3v) is 7.64. The Bertz CT molecular complexity index is 1300. The van der Waals surface area contributed by atoms with E-state index in [0.29, 0.717) is 48.7 Å². The number of nitrogen functional groups attached to an aromatic ring is 1. The Hall–Kier alpha value is -2.74. The number of hydrogen-bond donors (Lipinski definition) is 3. The van der Waals surface area contributed by atoms with Crippen LogP contribution in [-0.4, -0.2) is 62.2 Å².